The standard InChI is InChI=1S/C15H20N2O/c1-11-5-6-13-12(9-11)17-14(18-13)15(10-16)7-3-2-4-8-15/h5-6,9H,2-4,7-8,10,16H2,1H3. The molecule has 0 aliphatic heterocycles. The van der Waals surface area contributed by atoms with Gasteiger partial charge < -0.3 is 10.2 Å². The van der Waals surface area contributed by atoms with E-state index >= 15 is 0 Å². The van der Waals surface area contributed by atoms with Crippen molar-refractivity contribution in [3.63, 3.8) is 0 Å². The zero-order chi connectivity index (χ0) is 12.6. The van der Waals surface area contributed by atoms with E-state index in [2.05, 4.69) is 19.1 Å². The monoisotopic (exact) mass is 244 g/mol. The van der Waals surface area contributed by atoms with Gasteiger partial charge in [0.25, 0.3) is 0 Å². The number of hydrogen-bond acceptors (Lipinski definition) is 3. The molecular formula is C15H20N2O. The zero-order valence-corrected chi connectivity index (χ0v) is 10.9. The van der Waals surface area contributed by atoms with Gasteiger partial charge in [-0.25, -0.2) is 4.98 Å². The van der Waals surface area contributed by atoms with E-state index in [0.29, 0.717) is 6.54 Å². The first kappa shape index (κ1) is 11.7. The molecule has 0 saturated heterocycles. The summed E-state index contributed by atoms with van der Waals surface area (Å²) >= 11 is 0. The number of nitrogens with two attached hydrogens (primary N) is 1. The molecule has 1 aromatic heterocycles. The lowest BCUT2D eigenvalue weighted by Crippen LogP contribution is -2.37. The minimum atomic E-state index is -0.0226. The van der Waals surface area contributed by atoms with Crippen molar-refractivity contribution in [2.45, 2.75) is 44.4 Å². The lowest BCUT2D eigenvalue weighted by Gasteiger charge is -2.32. The summed E-state index contributed by atoms with van der Waals surface area (Å²) in [6, 6.07) is 6.15. The molecule has 2 N–H and O–H groups in total. The van der Waals surface area contributed by atoms with Crippen LogP contribution in [0.5, 0.6) is 0 Å². The summed E-state index contributed by atoms with van der Waals surface area (Å²) in [7, 11) is 0. The van der Waals surface area contributed by atoms with Gasteiger partial charge in [-0.2, -0.15) is 0 Å². The molecule has 0 spiro atoms. The lowest BCUT2D eigenvalue weighted by atomic mass is 9.74. The third-order valence-electron chi connectivity index (χ3n) is 4.20. The van der Waals surface area contributed by atoms with E-state index in [1.54, 1.807) is 0 Å². The van der Waals surface area contributed by atoms with Gasteiger partial charge in [-0.05, 0) is 37.5 Å². The lowest BCUT2D eigenvalue weighted by molar-refractivity contribution is 0.247. The zero-order valence-electron chi connectivity index (χ0n) is 10.9. The highest BCUT2D eigenvalue weighted by atomic mass is 16.3. The van der Waals surface area contributed by atoms with Crippen LogP contribution < -0.4 is 5.73 Å². The molecule has 0 bridgehead atoms. The molecule has 3 rings (SSSR count). The highest BCUT2D eigenvalue weighted by Crippen LogP contribution is 2.39. The second-order valence-electron chi connectivity index (χ2n) is 5.54. The van der Waals surface area contributed by atoms with Crippen LogP contribution in [-0.4, -0.2) is 11.5 Å². The topological polar surface area (TPSA) is 52.0 Å². The number of oxazole rings is 1. The fourth-order valence-electron chi connectivity index (χ4n) is 3.00. The molecule has 0 radical (unpaired) electrons. The second-order valence-corrected chi connectivity index (χ2v) is 5.54. The van der Waals surface area contributed by atoms with E-state index < -0.39 is 0 Å². The van der Waals surface area contributed by atoms with Crippen molar-refractivity contribution < 1.29 is 4.42 Å². The Hall–Kier alpha value is -1.35. The van der Waals surface area contributed by atoms with Crippen molar-refractivity contribution in [3.05, 3.63) is 29.7 Å². The van der Waals surface area contributed by atoms with Gasteiger partial charge in [-0.1, -0.05) is 25.3 Å². The summed E-state index contributed by atoms with van der Waals surface area (Å²) in [5.74, 6) is 0.852. The summed E-state index contributed by atoms with van der Waals surface area (Å²) in [5.41, 5.74) is 9.06. The van der Waals surface area contributed by atoms with E-state index in [1.807, 2.05) is 6.07 Å². The molecule has 96 valence electrons. The normalized spacial score (nSPS) is 19.2. The molecule has 0 atom stereocenters. The predicted molar refractivity (Wildman–Crippen MR) is 72.6 cm³/mol. The SMILES string of the molecule is Cc1ccc2oc(C3(CN)CCCCC3)nc2c1. The minimum absolute atomic E-state index is 0.0226. The molecule has 1 fully saturated rings. The maximum Gasteiger partial charge on any atom is 0.202 e. The number of nitrogens with zero attached hydrogens (tertiary/aromatic N) is 1. The highest BCUT2D eigenvalue weighted by Gasteiger charge is 2.37. The van der Waals surface area contributed by atoms with Crippen molar-refractivity contribution >= 4 is 11.1 Å². The summed E-state index contributed by atoms with van der Waals surface area (Å²) in [6.45, 7) is 2.71. The van der Waals surface area contributed by atoms with Gasteiger partial charge >= 0.3 is 0 Å². The largest absolute Gasteiger partial charge is 0.440 e. The Bertz CT molecular complexity index is 553. The first-order chi connectivity index (χ1) is 8.73. The highest BCUT2D eigenvalue weighted by molar-refractivity contribution is 5.73. The van der Waals surface area contributed by atoms with Gasteiger partial charge in [0.15, 0.2) is 5.58 Å². The van der Waals surface area contributed by atoms with Crippen molar-refractivity contribution in [3.8, 4) is 0 Å². The van der Waals surface area contributed by atoms with Crippen LogP contribution in [0, 0.1) is 6.92 Å². The molecule has 1 aliphatic carbocycles. The molecule has 2 aromatic rings. The van der Waals surface area contributed by atoms with Gasteiger partial charge in [-0.3, -0.25) is 0 Å². The third kappa shape index (κ3) is 1.83. The second kappa shape index (κ2) is 4.39. The van der Waals surface area contributed by atoms with E-state index in [9.17, 15) is 0 Å². The van der Waals surface area contributed by atoms with Crippen LogP contribution in [0.15, 0.2) is 22.6 Å². The van der Waals surface area contributed by atoms with E-state index in [0.717, 1.165) is 29.8 Å². The van der Waals surface area contributed by atoms with Crippen LogP contribution in [0.1, 0.15) is 43.6 Å². The van der Waals surface area contributed by atoms with Crippen LogP contribution in [0.3, 0.4) is 0 Å². The fraction of sp³-hybridized carbons (Fsp3) is 0.533. The number of hydrogen-bond donors (Lipinski definition) is 1. The first-order valence-corrected chi connectivity index (χ1v) is 6.81. The Labute approximate surface area is 107 Å². The number of benzene rings is 1. The molecule has 1 heterocycles. The maximum absolute atomic E-state index is 6.02. The predicted octanol–water partition coefficient (Wildman–Crippen LogP) is 3.30. The van der Waals surface area contributed by atoms with Crippen molar-refractivity contribution in [1.82, 2.24) is 4.98 Å². The summed E-state index contributed by atoms with van der Waals surface area (Å²) in [6.07, 6.45) is 5.98. The Morgan fingerprint density at radius 1 is 1.28 bits per heavy atom. The number of aryl methyl sites for hydroxylation is 1. The molecule has 1 saturated carbocycles. The van der Waals surface area contributed by atoms with Gasteiger partial charge in [0, 0.05) is 6.54 Å². The van der Waals surface area contributed by atoms with Gasteiger partial charge in [-0.15, -0.1) is 0 Å². The Balaban J connectivity index is 2.06. The summed E-state index contributed by atoms with van der Waals surface area (Å²) in [4.78, 5) is 4.69. The minimum Gasteiger partial charge on any atom is -0.440 e. The number of aromatic nitrogens is 1. The molecule has 0 amide bonds. The van der Waals surface area contributed by atoms with Gasteiger partial charge in [0.1, 0.15) is 5.52 Å². The first-order valence-electron chi connectivity index (χ1n) is 6.81. The van der Waals surface area contributed by atoms with E-state index in [4.69, 9.17) is 15.1 Å². The quantitative estimate of drug-likeness (QED) is 0.881. The molecule has 3 heteroatoms. The van der Waals surface area contributed by atoms with Crippen LogP contribution >= 0.6 is 0 Å². The molecular weight excluding hydrogens is 224 g/mol. The molecule has 0 unspecified atom stereocenters. The van der Waals surface area contributed by atoms with Gasteiger partial charge in [0.2, 0.25) is 5.89 Å². The van der Waals surface area contributed by atoms with Crippen LogP contribution in [0.25, 0.3) is 11.1 Å². The smallest absolute Gasteiger partial charge is 0.202 e. The molecule has 1 aliphatic rings. The number of fused-ring (bicyclic) bond motifs is 1. The van der Waals surface area contributed by atoms with Crippen molar-refractivity contribution in [1.29, 1.82) is 0 Å². The Morgan fingerprint density at radius 3 is 2.78 bits per heavy atom. The van der Waals surface area contributed by atoms with E-state index in [-0.39, 0.29) is 5.41 Å². The maximum atomic E-state index is 6.02. The number of rotatable bonds is 2. The van der Waals surface area contributed by atoms with E-state index in [1.165, 1.54) is 24.8 Å². The fourth-order valence-corrected chi connectivity index (χ4v) is 3.00. The third-order valence-corrected chi connectivity index (χ3v) is 4.20. The Kier molecular flexibility index (Phi) is 2.86. The van der Waals surface area contributed by atoms with Crippen LogP contribution in [-0.2, 0) is 5.41 Å². The molecule has 18 heavy (non-hydrogen) atoms. The average molecular weight is 244 g/mol. The molecule has 1 aromatic carbocycles. The van der Waals surface area contributed by atoms with Gasteiger partial charge in [0.05, 0.1) is 5.41 Å². The molecule has 3 nitrogen and oxygen atoms in total. The van der Waals surface area contributed by atoms with Crippen LogP contribution in [0.4, 0.5) is 0 Å². The van der Waals surface area contributed by atoms with Crippen molar-refractivity contribution in [2.75, 3.05) is 6.54 Å². The summed E-state index contributed by atoms with van der Waals surface area (Å²) in [5, 5.41) is 0. The van der Waals surface area contributed by atoms with Crippen molar-refractivity contribution in [2.24, 2.45) is 5.73 Å². The van der Waals surface area contributed by atoms with Crippen LogP contribution in [0.2, 0.25) is 0 Å². The summed E-state index contributed by atoms with van der Waals surface area (Å²) < 4.78 is 5.97. The average Bonchev–Trinajstić information content (AvgIpc) is 2.83. The Morgan fingerprint density at radius 2 is 2.06 bits per heavy atom.